The lowest BCUT2D eigenvalue weighted by atomic mass is 10.2. The third kappa shape index (κ3) is 4.83. The number of anilines is 2. The van der Waals surface area contributed by atoms with E-state index in [1.807, 2.05) is 49.4 Å². The van der Waals surface area contributed by atoms with Gasteiger partial charge in [-0.15, -0.1) is 10.2 Å². The van der Waals surface area contributed by atoms with Gasteiger partial charge >= 0.3 is 6.03 Å². The number of nitrogens with zero attached hydrogens (tertiary/aromatic N) is 3. The number of hydrogen-bond acceptors (Lipinski definition) is 6. The number of likely N-dealkylation sites (tertiary alicyclic amines) is 1. The maximum Gasteiger partial charge on any atom is 0.322 e. The fraction of sp³-hybridized carbons (Fsp3) is 0.273. The van der Waals surface area contributed by atoms with E-state index in [9.17, 15) is 9.59 Å². The summed E-state index contributed by atoms with van der Waals surface area (Å²) in [4.78, 5) is 27.1. The Morgan fingerprint density at radius 2 is 1.90 bits per heavy atom. The monoisotopic (exact) mass is 437 g/mol. The van der Waals surface area contributed by atoms with Gasteiger partial charge in [-0.25, -0.2) is 4.79 Å². The Balaban J connectivity index is 1.43. The molecule has 0 saturated carbocycles. The van der Waals surface area contributed by atoms with Crippen molar-refractivity contribution in [2.75, 3.05) is 24.3 Å². The van der Waals surface area contributed by atoms with Gasteiger partial charge in [-0.3, -0.25) is 4.79 Å². The average Bonchev–Trinajstić information content (AvgIpc) is 3.45. The molecule has 0 unspecified atom stereocenters. The van der Waals surface area contributed by atoms with Crippen LogP contribution in [0.1, 0.15) is 39.3 Å². The van der Waals surface area contributed by atoms with Gasteiger partial charge in [-0.1, -0.05) is 35.1 Å². The Morgan fingerprint density at radius 1 is 1.10 bits per heavy atom. The Labute approximate surface area is 184 Å². The van der Waals surface area contributed by atoms with Gasteiger partial charge in [0.2, 0.25) is 5.01 Å². The average molecular weight is 438 g/mol. The molecule has 1 aromatic heterocycles. The van der Waals surface area contributed by atoms with Gasteiger partial charge in [-0.2, -0.15) is 0 Å². The molecule has 1 aliphatic heterocycles. The standard InChI is InChI=1S/C22H23N5O3S/c1-14-8-10-15(11-9-14)23-19(28)21-26-25-20(31-21)18-7-4-12-27(18)22(29)24-16-5-3-6-17(13-16)30-2/h3,5-6,8-11,13,18H,4,7,12H2,1-2H3,(H,23,28)(H,24,29)/t18-/m1/s1. The van der Waals surface area contributed by atoms with Crippen LogP contribution in [0.25, 0.3) is 0 Å². The van der Waals surface area contributed by atoms with Crippen LogP contribution >= 0.6 is 11.3 Å². The van der Waals surface area contributed by atoms with Crippen molar-refractivity contribution in [3.05, 3.63) is 64.1 Å². The van der Waals surface area contributed by atoms with Gasteiger partial charge in [0, 0.05) is 24.0 Å². The van der Waals surface area contributed by atoms with Gasteiger partial charge in [0.25, 0.3) is 5.91 Å². The number of hydrogen-bond donors (Lipinski definition) is 2. The minimum Gasteiger partial charge on any atom is -0.497 e. The number of benzene rings is 2. The molecular weight excluding hydrogens is 414 g/mol. The van der Waals surface area contributed by atoms with E-state index < -0.39 is 0 Å². The van der Waals surface area contributed by atoms with E-state index in [-0.39, 0.29) is 23.0 Å². The summed E-state index contributed by atoms with van der Waals surface area (Å²) in [5.74, 6) is 0.363. The van der Waals surface area contributed by atoms with Gasteiger partial charge < -0.3 is 20.3 Å². The maximum absolute atomic E-state index is 12.9. The zero-order chi connectivity index (χ0) is 21.8. The summed E-state index contributed by atoms with van der Waals surface area (Å²) < 4.78 is 5.21. The number of carbonyl (C=O) groups is 2. The number of urea groups is 1. The highest BCUT2D eigenvalue weighted by Gasteiger charge is 2.33. The van der Waals surface area contributed by atoms with Crippen LogP contribution < -0.4 is 15.4 Å². The molecule has 0 bridgehead atoms. The molecule has 2 N–H and O–H groups in total. The number of methoxy groups -OCH3 is 1. The zero-order valence-corrected chi connectivity index (χ0v) is 18.1. The molecule has 160 valence electrons. The van der Waals surface area contributed by atoms with Crippen molar-refractivity contribution in [3.8, 4) is 5.75 Å². The highest BCUT2D eigenvalue weighted by Crippen LogP contribution is 2.34. The first-order valence-corrected chi connectivity index (χ1v) is 10.8. The number of ether oxygens (including phenoxy) is 1. The Bertz CT molecular complexity index is 1080. The first kappa shape index (κ1) is 20.8. The second-order valence-electron chi connectivity index (χ2n) is 7.28. The molecule has 9 heteroatoms. The predicted molar refractivity (Wildman–Crippen MR) is 120 cm³/mol. The van der Waals surface area contributed by atoms with Gasteiger partial charge in [-0.05, 0) is 44.0 Å². The predicted octanol–water partition coefficient (Wildman–Crippen LogP) is 4.48. The van der Waals surface area contributed by atoms with E-state index in [2.05, 4.69) is 20.8 Å². The van der Waals surface area contributed by atoms with Crippen molar-refractivity contribution in [2.45, 2.75) is 25.8 Å². The van der Waals surface area contributed by atoms with Crippen molar-refractivity contribution in [2.24, 2.45) is 0 Å². The molecule has 2 aromatic carbocycles. The summed E-state index contributed by atoms with van der Waals surface area (Å²) in [6, 6.07) is 14.3. The van der Waals surface area contributed by atoms with Gasteiger partial charge in [0.15, 0.2) is 0 Å². The molecule has 0 aliphatic carbocycles. The van der Waals surface area contributed by atoms with Crippen molar-refractivity contribution in [3.63, 3.8) is 0 Å². The lowest BCUT2D eigenvalue weighted by Gasteiger charge is -2.23. The molecule has 1 fully saturated rings. The van der Waals surface area contributed by atoms with Crippen molar-refractivity contribution in [1.29, 1.82) is 0 Å². The lowest BCUT2D eigenvalue weighted by Crippen LogP contribution is -2.34. The molecule has 0 spiro atoms. The summed E-state index contributed by atoms with van der Waals surface area (Å²) in [5, 5.41) is 14.9. The minimum absolute atomic E-state index is 0.205. The molecule has 8 nitrogen and oxygen atoms in total. The van der Waals surface area contributed by atoms with Crippen LogP contribution in [-0.2, 0) is 0 Å². The Kier molecular flexibility index (Phi) is 6.13. The lowest BCUT2D eigenvalue weighted by molar-refractivity contribution is 0.102. The van der Waals surface area contributed by atoms with Crippen LogP contribution in [0.4, 0.5) is 16.2 Å². The fourth-order valence-electron chi connectivity index (χ4n) is 3.45. The Morgan fingerprint density at radius 3 is 2.68 bits per heavy atom. The maximum atomic E-state index is 12.9. The number of aromatic nitrogens is 2. The summed E-state index contributed by atoms with van der Waals surface area (Å²) >= 11 is 1.22. The second kappa shape index (κ2) is 9.13. The first-order chi connectivity index (χ1) is 15.0. The molecule has 31 heavy (non-hydrogen) atoms. The van der Waals surface area contributed by atoms with Crippen molar-refractivity contribution >= 4 is 34.6 Å². The SMILES string of the molecule is COc1cccc(NC(=O)N2CCC[C@@H]2c2nnc(C(=O)Nc3ccc(C)cc3)s2)c1. The molecule has 3 aromatic rings. The molecule has 3 amide bonds. The van der Waals surface area contributed by atoms with Crippen LogP contribution in [0, 0.1) is 6.92 Å². The number of rotatable bonds is 5. The van der Waals surface area contributed by atoms with Crippen LogP contribution in [-0.4, -0.2) is 40.7 Å². The van der Waals surface area contributed by atoms with Crippen LogP contribution in [0.3, 0.4) is 0 Å². The number of amides is 3. The molecule has 1 atom stereocenters. The fourth-order valence-corrected chi connectivity index (χ4v) is 4.33. The molecule has 0 radical (unpaired) electrons. The van der Waals surface area contributed by atoms with Gasteiger partial charge in [0.05, 0.1) is 13.2 Å². The smallest absolute Gasteiger partial charge is 0.322 e. The summed E-state index contributed by atoms with van der Waals surface area (Å²) in [6.45, 7) is 2.60. The van der Waals surface area contributed by atoms with E-state index in [4.69, 9.17) is 4.74 Å². The van der Waals surface area contributed by atoms with E-state index in [0.29, 0.717) is 28.7 Å². The number of nitrogens with one attached hydrogen (secondary N) is 2. The molecule has 2 heterocycles. The van der Waals surface area contributed by atoms with E-state index in [1.165, 1.54) is 11.3 Å². The largest absolute Gasteiger partial charge is 0.497 e. The van der Waals surface area contributed by atoms with E-state index >= 15 is 0 Å². The summed E-state index contributed by atoms with van der Waals surface area (Å²) in [5.41, 5.74) is 2.47. The Hall–Kier alpha value is -3.46. The third-order valence-corrected chi connectivity index (χ3v) is 6.09. The van der Waals surface area contributed by atoms with Crippen molar-refractivity contribution in [1.82, 2.24) is 15.1 Å². The highest BCUT2D eigenvalue weighted by molar-refractivity contribution is 7.13. The second-order valence-corrected chi connectivity index (χ2v) is 8.29. The molecule has 1 saturated heterocycles. The van der Waals surface area contributed by atoms with Crippen LogP contribution in [0.2, 0.25) is 0 Å². The van der Waals surface area contributed by atoms with Crippen molar-refractivity contribution < 1.29 is 14.3 Å². The number of aryl methyl sites for hydroxylation is 1. The zero-order valence-electron chi connectivity index (χ0n) is 17.3. The quantitative estimate of drug-likeness (QED) is 0.614. The normalized spacial score (nSPS) is 15.5. The van der Waals surface area contributed by atoms with Crippen LogP contribution in [0.5, 0.6) is 5.75 Å². The van der Waals surface area contributed by atoms with E-state index in [0.717, 1.165) is 18.4 Å². The van der Waals surface area contributed by atoms with Gasteiger partial charge in [0.1, 0.15) is 10.8 Å². The number of carbonyl (C=O) groups excluding carboxylic acids is 2. The minimum atomic E-state index is -0.307. The summed E-state index contributed by atoms with van der Waals surface area (Å²) in [7, 11) is 1.58. The topological polar surface area (TPSA) is 96.4 Å². The third-order valence-electron chi connectivity index (χ3n) is 5.06. The van der Waals surface area contributed by atoms with Crippen LogP contribution in [0.15, 0.2) is 48.5 Å². The summed E-state index contributed by atoms with van der Waals surface area (Å²) in [6.07, 6.45) is 1.64. The van der Waals surface area contributed by atoms with E-state index in [1.54, 1.807) is 18.1 Å². The molecule has 1 aliphatic rings. The molecule has 4 rings (SSSR count). The first-order valence-electron chi connectivity index (χ1n) is 9.96. The molecular formula is C22H23N5O3S. The highest BCUT2D eigenvalue weighted by atomic mass is 32.1.